The maximum absolute atomic E-state index is 12.9. The molecule has 2 heterocycles. The Morgan fingerprint density at radius 2 is 1.64 bits per heavy atom. The first-order chi connectivity index (χ1) is 10.5. The highest BCUT2D eigenvalue weighted by molar-refractivity contribution is 6.15. The van der Waals surface area contributed by atoms with E-state index in [1.165, 1.54) is 0 Å². The molecule has 0 spiro atoms. The van der Waals surface area contributed by atoms with Crippen LogP contribution < -0.4 is 5.32 Å². The maximum Gasteiger partial charge on any atom is 0.235 e. The Bertz CT molecular complexity index is 594. The van der Waals surface area contributed by atoms with E-state index in [9.17, 15) is 9.59 Å². The van der Waals surface area contributed by atoms with Crippen molar-refractivity contribution in [2.24, 2.45) is 5.92 Å². The fourth-order valence-corrected chi connectivity index (χ4v) is 3.94. The molecule has 1 aromatic carbocycles. The second kappa shape index (κ2) is 5.84. The highest BCUT2D eigenvalue weighted by Crippen LogP contribution is 2.34. The molecule has 0 aliphatic carbocycles. The third-order valence-electron chi connectivity index (χ3n) is 4.92. The van der Waals surface area contributed by atoms with E-state index in [0.717, 1.165) is 35.1 Å². The summed E-state index contributed by atoms with van der Waals surface area (Å²) in [5.41, 5.74) is 4.10. The van der Waals surface area contributed by atoms with Gasteiger partial charge in [-0.25, -0.2) is 0 Å². The normalized spacial score (nSPS) is 26.3. The summed E-state index contributed by atoms with van der Waals surface area (Å²) in [4.78, 5) is 25.3. The fraction of sp³-hybridized carbons (Fsp3) is 0.556. The average molecular weight is 301 g/mol. The molecule has 2 atom stereocenters. The number of carbonyl (C=O) groups excluding carboxylic acids is 2. The Hall–Kier alpha value is -1.68. The highest BCUT2D eigenvalue weighted by atomic mass is 16.5. The van der Waals surface area contributed by atoms with Gasteiger partial charge in [-0.05, 0) is 56.2 Å². The minimum atomic E-state index is -0.645. The number of ketones is 1. The summed E-state index contributed by atoms with van der Waals surface area (Å²) >= 11 is 0. The number of rotatable bonds is 2. The first-order valence-electron chi connectivity index (χ1n) is 7.98. The van der Waals surface area contributed by atoms with Crippen LogP contribution >= 0.6 is 0 Å². The van der Waals surface area contributed by atoms with Crippen molar-refractivity contribution in [3.05, 3.63) is 34.4 Å². The van der Waals surface area contributed by atoms with Crippen molar-refractivity contribution in [2.45, 2.75) is 45.6 Å². The van der Waals surface area contributed by atoms with Crippen LogP contribution in [0.25, 0.3) is 0 Å². The number of Topliss-reactive ketones (excluding diaryl/α,β-unsaturated/α-hetero) is 1. The van der Waals surface area contributed by atoms with Gasteiger partial charge in [0, 0.05) is 13.2 Å². The second-order valence-corrected chi connectivity index (χ2v) is 6.58. The number of benzene rings is 1. The number of amides is 1. The summed E-state index contributed by atoms with van der Waals surface area (Å²) < 4.78 is 5.36. The molecular weight excluding hydrogens is 278 g/mol. The maximum atomic E-state index is 12.9. The van der Waals surface area contributed by atoms with Gasteiger partial charge in [0.25, 0.3) is 0 Å². The lowest BCUT2D eigenvalue weighted by atomic mass is 9.83. The van der Waals surface area contributed by atoms with Crippen molar-refractivity contribution >= 4 is 11.7 Å². The van der Waals surface area contributed by atoms with E-state index < -0.39 is 5.92 Å². The van der Waals surface area contributed by atoms with Crippen molar-refractivity contribution < 1.29 is 14.3 Å². The molecule has 2 unspecified atom stereocenters. The molecule has 0 bridgehead atoms. The number of hydrogen-bond acceptors (Lipinski definition) is 3. The SMILES string of the molecule is Cc1cc(C)c(C2C(=O)NC(C3CCOCC3)C2=O)c(C)c1. The largest absolute Gasteiger partial charge is 0.381 e. The zero-order chi connectivity index (χ0) is 15.9. The fourth-order valence-electron chi connectivity index (χ4n) is 3.94. The molecular formula is C18H23NO3. The van der Waals surface area contributed by atoms with Gasteiger partial charge in [0.05, 0.1) is 6.04 Å². The summed E-state index contributed by atoms with van der Waals surface area (Å²) in [6, 6.07) is 3.75. The van der Waals surface area contributed by atoms with Gasteiger partial charge in [-0.1, -0.05) is 17.7 Å². The number of hydrogen-bond donors (Lipinski definition) is 1. The number of aryl methyl sites for hydroxylation is 3. The average Bonchev–Trinajstić information content (AvgIpc) is 2.75. The first kappa shape index (κ1) is 15.2. The minimum Gasteiger partial charge on any atom is -0.381 e. The zero-order valence-corrected chi connectivity index (χ0v) is 13.4. The van der Waals surface area contributed by atoms with Crippen LogP contribution in [0, 0.1) is 26.7 Å². The van der Waals surface area contributed by atoms with Crippen LogP contribution in [0.5, 0.6) is 0 Å². The molecule has 3 rings (SSSR count). The second-order valence-electron chi connectivity index (χ2n) is 6.58. The van der Waals surface area contributed by atoms with Crippen molar-refractivity contribution in [2.75, 3.05) is 13.2 Å². The Labute approximate surface area is 131 Å². The van der Waals surface area contributed by atoms with Gasteiger partial charge in [-0.3, -0.25) is 9.59 Å². The molecule has 1 aromatic rings. The van der Waals surface area contributed by atoms with Gasteiger partial charge in [0.2, 0.25) is 5.91 Å². The third kappa shape index (κ3) is 2.56. The van der Waals surface area contributed by atoms with Crippen LogP contribution in [0.1, 0.15) is 41.0 Å². The summed E-state index contributed by atoms with van der Waals surface area (Å²) in [6.07, 6.45) is 1.69. The van der Waals surface area contributed by atoms with Gasteiger partial charge in [-0.2, -0.15) is 0 Å². The quantitative estimate of drug-likeness (QED) is 0.852. The molecule has 2 aliphatic heterocycles. The van der Waals surface area contributed by atoms with Crippen LogP contribution in [0.4, 0.5) is 0 Å². The van der Waals surface area contributed by atoms with Crippen LogP contribution in [-0.4, -0.2) is 30.9 Å². The monoisotopic (exact) mass is 301 g/mol. The lowest BCUT2D eigenvalue weighted by Crippen LogP contribution is -2.39. The predicted molar refractivity (Wildman–Crippen MR) is 83.9 cm³/mol. The molecule has 2 fully saturated rings. The molecule has 2 aliphatic rings. The Kier molecular flexibility index (Phi) is 4.04. The smallest absolute Gasteiger partial charge is 0.235 e. The van der Waals surface area contributed by atoms with Gasteiger partial charge in [0.1, 0.15) is 5.92 Å². The van der Waals surface area contributed by atoms with Crippen molar-refractivity contribution in [1.29, 1.82) is 0 Å². The van der Waals surface area contributed by atoms with Crippen molar-refractivity contribution in [1.82, 2.24) is 5.32 Å². The summed E-state index contributed by atoms with van der Waals surface area (Å²) in [7, 11) is 0. The molecule has 0 radical (unpaired) electrons. The van der Waals surface area contributed by atoms with Gasteiger partial charge < -0.3 is 10.1 Å². The predicted octanol–water partition coefficient (Wildman–Crippen LogP) is 2.19. The molecule has 1 amide bonds. The van der Waals surface area contributed by atoms with E-state index in [0.29, 0.717) is 13.2 Å². The molecule has 1 N–H and O–H groups in total. The minimum absolute atomic E-state index is 0.0342. The lowest BCUT2D eigenvalue weighted by molar-refractivity contribution is -0.124. The number of carbonyl (C=O) groups is 2. The number of ether oxygens (including phenoxy) is 1. The van der Waals surface area contributed by atoms with E-state index in [2.05, 4.69) is 5.32 Å². The van der Waals surface area contributed by atoms with E-state index in [1.54, 1.807) is 0 Å². The van der Waals surface area contributed by atoms with E-state index >= 15 is 0 Å². The Balaban J connectivity index is 1.92. The van der Waals surface area contributed by atoms with Crippen LogP contribution in [0.2, 0.25) is 0 Å². The molecule has 4 nitrogen and oxygen atoms in total. The lowest BCUT2D eigenvalue weighted by Gasteiger charge is -2.26. The van der Waals surface area contributed by atoms with Crippen molar-refractivity contribution in [3.63, 3.8) is 0 Å². The standard InChI is InChI=1S/C18H23NO3/c1-10-8-11(2)14(12(3)9-10)15-17(20)16(19-18(15)21)13-4-6-22-7-5-13/h8-9,13,15-16H,4-7H2,1-3H3,(H,19,21). The zero-order valence-electron chi connectivity index (χ0n) is 13.4. The molecule has 0 saturated carbocycles. The van der Waals surface area contributed by atoms with E-state index in [4.69, 9.17) is 4.74 Å². The summed E-state index contributed by atoms with van der Waals surface area (Å²) in [5.74, 6) is -0.543. The number of nitrogens with one attached hydrogen (secondary N) is 1. The Morgan fingerprint density at radius 3 is 2.23 bits per heavy atom. The molecule has 118 valence electrons. The summed E-state index contributed by atoms with van der Waals surface area (Å²) in [6.45, 7) is 7.36. The molecule has 0 aromatic heterocycles. The van der Waals surface area contributed by atoms with Crippen LogP contribution in [0.15, 0.2) is 12.1 Å². The topological polar surface area (TPSA) is 55.4 Å². The van der Waals surface area contributed by atoms with Crippen LogP contribution in [0.3, 0.4) is 0 Å². The molecule has 4 heteroatoms. The third-order valence-corrected chi connectivity index (χ3v) is 4.92. The molecule has 2 saturated heterocycles. The molecule has 22 heavy (non-hydrogen) atoms. The van der Waals surface area contributed by atoms with E-state index in [1.807, 2.05) is 32.9 Å². The van der Waals surface area contributed by atoms with Crippen molar-refractivity contribution in [3.8, 4) is 0 Å². The Morgan fingerprint density at radius 1 is 1.05 bits per heavy atom. The van der Waals surface area contributed by atoms with Gasteiger partial charge in [-0.15, -0.1) is 0 Å². The van der Waals surface area contributed by atoms with Gasteiger partial charge in [0.15, 0.2) is 5.78 Å². The first-order valence-corrected chi connectivity index (χ1v) is 7.98. The van der Waals surface area contributed by atoms with Gasteiger partial charge >= 0.3 is 0 Å². The highest BCUT2D eigenvalue weighted by Gasteiger charge is 2.46. The summed E-state index contributed by atoms with van der Waals surface area (Å²) in [5, 5.41) is 2.95. The van der Waals surface area contributed by atoms with Crippen LogP contribution in [-0.2, 0) is 14.3 Å². The van der Waals surface area contributed by atoms with E-state index in [-0.39, 0.29) is 23.7 Å².